The third kappa shape index (κ3) is 3.89. The van der Waals surface area contributed by atoms with Gasteiger partial charge in [-0.25, -0.2) is 9.37 Å². The van der Waals surface area contributed by atoms with Gasteiger partial charge in [-0.15, -0.1) is 0 Å². The van der Waals surface area contributed by atoms with Crippen LogP contribution in [0.1, 0.15) is 66.2 Å². The Kier molecular flexibility index (Phi) is 5.35. The van der Waals surface area contributed by atoms with Crippen molar-refractivity contribution >= 4 is 27.8 Å². The van der Waals surface area contributed by atoms with Gasteiger partial charge >= 0.3 is 0 Å². The van der Waals surface area contributed by atoms with Crippen molar-refractivity contribution in [2.75, 3.05) is 14.1 Å². The molecule has 2 bridgehead atoms. The zero-order valence-corrected chi connectivity index (χ0v) is 20.5. The number of hydrogen-bond donors (Lipinski definition) is 1. The van der Waals surface area contributed by atoms with E-state index in [-0.39, 0.29) is 11.7 Å². The Bertz CT molecular complexity index is 1430. The lowest BCUT2D eigenvalue weighted by atomic mass is 9.75. The Morgan fingerprint density at radius 2 is 1.94 bits per heavy atom. The molecule has 0 radical (unpaired) electrons. The van der Waals surface area contributed by atoms with Crippen LogP contribution in [-0.4, -0.2) is 39.9 Å². The van der Waals surface area contributed by atoms with E-state index < -0.39 is 0 Å². The number of H-pyrrole nitrogens is 1. The van der Waals surface area contributed by atoms with Crippen molar-refractivity contribution < 1.29 is 9.18 Å². The number of hydrogen-bond acceptors (Lipinski definition) is 3. The summed E-state index contributed by atoms with van der Waals surface area (Å²) in [5.41, 5.74) is 4.65. The van der Waals surface area contributed by atoms with Gasteiger partial charge < -0.3 is 9.88 Å². The number of nitrogens with one attached hydrogen (secondary N) is 1. The lowest BCUT2D eigenvalue weighted by molar-refractivity contribution is 0.0827. The molecule has 2 fully saturated rings. The molecule has 6 heteroatoms. The van der Waals surface area contributed by atoms with Crippen molar-refractivity contribution in [1.82, 2.24) is 19.9 Å². The third-order valence-corrected chi connectivity index (χ3v) is 8.42. The molecule has 2 aromatic carbocycles. The maximum Gasteiger partial charge on any atom is 0.253 e. The molecule has 1 N–H and O–H groups in total. The summed E-state index contributed by atoms with van der Waals surface area (Å²) in [6, 6.07) is 12.8. The van der Waals surface area contributed by atoms with Crippen LogP contribution >= 0.6 is 0 Å². The van der Waals surface area contributed by atoms with Crippen molar-refractivity contribution in [2.45, 2.75) is 44.4 Å². The molecule has 4 aromatic rings. The number of fused-ring (bicyclic) bond motifs is 4. The Hall–Kier alpha value is -3.28. The van der Waals surface area contributed by atoms with E-state index in [9.17, 15) is 9.18 Å². The highest BCUT2D eigenvalue weighted by molar-refractivity contribution is 5.97. The quantitative estimate of drug-likeness (QED) is 0.374. The number of carbonyl (C=O) groups is 1. The summed E-state index contributed by atoms with van der Waals surface area (Å²) in [7, 11) is 3.53. The average molecular weight is 471 g/mol. The van der Waals surface area contributed by atoms with Crippen LogP contribution in [0, 0.1) is 23.6 Å². The predicted molar refractivity (Wildman–Crippen MR) is 136 cm³/mol. The Morgan fingerprint density at radius 1 is 1.09 bits per heavy atom. The number of rotatable bonds is 5. The van der Waals surface area contributed by atoms with Gasteiger partial charge in [0.2, 0.25) is 0 Å². The van der Waals surface area contributed by atoms with Crippen molar-refractivity contribution in [3.63, 3.8) is 0 Å². The second-order valence-corrected chi connectivity index (χ2v) is 10.8. The first-order chi connectivity index (χ1) is 16.9. The summed E-state index contributed by atoms with van der Waals surface area (Å²) in [5, 5.41) is 0.976. The molecule has 2 saturated carbocycles. The zero-order chi connectivity index (χ0) is 24.3. The Labute approximate surface area is 204 Å². The van der Waals surface area contributed by atoms with Crippen LogP contribution in [-0.2, 0) is 0 Å². The molecule has 0 aliphatic heterocycles. The van der Waals surface area contributed by atoms with Gasteiger partial charge in [0.25, 0.3) is 5.91 Å². The second kappa shape index (κ2) is 8.43. The van der Waals surface area contributed by atoms with Gasteiger partial charge in [0.15, 0.2) is 0 Å². The molecular formula is C29H31FN4O. The predicted octanol–water partition coefficient (Wildman–Crippen LogP) is 6.28. The first-order valence-corrected chi connectivity index (χ1v) is 12.6. The molecule has 5 unspecified atom stereocenters. The minimum absolute atomic E-state index is 0.00857. The molecule has 2 heterocycles. The molecule has 0 spiro atoms. The molecule has 6 rings (SSSR count). The number of amides is 1. The number of benzene rings is 2. The van der Waals surface area contributed by atoms with E-state index in [1.807, 2.05) is 24.4 Å². The van der Waals surface area contributed by atoms with E-state index in [4.69, 9.17) is 4.98 Å². The average Bonchev–Trinajstić information content (AvgIpc) is 3.56. The molecule has 2 aromatic heterocycles. The van der Waals surface area contributed by atoms with Gasteiger partial charge in [-0.1, -0.05) is 6.92 Å². The number of aromatic amines is 1. The Morgan fingerprint density at radius 3 is 2.71 bits per heavy atom. The minimum atomic E-state index is -0.189. The van der Waals surface area contributed by atoms with Crippen molar-refractivity contribution in [3.8, 4) is 0 Å². The molecule has 2 aliphatic rings. The number of pyridine rings is 1. The van der Waals surface area contributed by atoms with Crippen LogP contribution in [0.5, 0.6) is 0 Å². The molecule has 35 heavy (non-hydrogen) atoms. The molecule has 2 aliphatic carbocycles. The number of nitrogens with zero attached hydrogens (tertiary/aromatic N) is 3. The summed E-state index contributed by atoms with van der Waals surface area (Å²) < 4.78 is 14.0. The first-order valence-electron chi connectivity index (χ1n) is 12.6. The normalized spacial score (nSPS) is 24.3. The SMILES string of the molecule is CC(CC1CC2CC1CC2c1ccnc2ccc(F)cc12)c1nc2cc(C(=O)N(C)C)ccc2[nH]1. The molecule has 1 amide bonds. The number of halogens is 1. The smallest absolute Gasteiger partial charge is 0.253 e. The standard InChI is InChI=1S/C29H31FN4O/c1-16(28-32-26-6-4-17(14-27(26)33-28)29(35)34(2)3)10-18-11-20-12-19(18)13-23(20)22-8-9-31-25-7-5-21(30)15-24(22)25/h4-9,14-16,18-20,23H,10-13H2,1-3H3,(H,32,33). The van der Waals surface area contributed by atoms with Crippen molar-refractivity contribution in [2.24, 2.45) is 17.8 Å². The van der Waals surface area contributed by atoms with Crippen molar-refractivity contribution in [3.05, 3.63) is 71.4 Å². The van der Waals surface area contributed by atoms with Gasteiger partial charge in [-0.2, -0.15) is 0 Å². The van der Waals surface area contributed by atoms with E-state index in [2.05, 4.69) is 23.0 Å². The lowest BCUT2D eigenvalue weighted by Crippen LogP contribution is -2.21. The first kappa shape index (κ1) is 22.2. The second-order valence-electron chi connectivity index (χ2n) is 10.8. The Balaban J connectivity index is 1.17. The van der Waals surface area contributed by atoms with E-state index in [0.717, 1.165) is 34.2 Å². The summed E-state index contributed by atoms with van der Waals surface area (Å²) in [5.74, 6) is 3.68. The highest BCUT2D eigenvalue weighted by atomic mass is 19.1. The lowest BCUT2D eigenvalue weighted by Gasteiger charge is -2.30. The van der Waals surface area contributed by atoms with E-state index in [1.165, 1.54) is 30.9 Å². The summed E-state index contributed by atoms with van der Waals surface area (Å²) in [6.07, 6.45) is 6.65. The van der Waals surface area contributed by atoms with Gasteiger partial charge in [-0.3, -0.25) is 9.78 Å². The summed E-state index contributed by atoms with van der Waals surface area (Å²) in [4.78, 5) is 26.7. The topological polar surface area (TPSA) is 61.9 Å². The van der Waals surface area contributed by atoms with Gasteiger partial charge in [0.05, 0.1) is 16.6 Å². The number of imidazole rings is 1. The molecule has 5 nitrogen and oxygen atoms in total. The maximum absolute atomic E-state index is 14.0. The number of aromatic nitrogens is 3. The summed E-state index contributed by atoms with van der Waals surface area (Å²) >= 11 is 0. The van der Waals surface area contributed by atoms with E-state index in [1.54, 1.807) is 31.1 Å². The van der Waals surface area contributed by atoms with Crippen LogP contribution in [0.25, 0.3) is 21.9 Å². The van der Waals surface area contributed by atoms with Crippen LogP contribution < -0.4 is 0 Å². The molecule has 0 saturated heterocycles. The van der Waals surface area contributed by atoms with Gasteiger partial charge in [0.1, 0.15) is 11.6 Å². The molecule has 180 valence electrons. The summed E-state index contributed by atoms with van der Waals surface area (Å²) in [6.45, 7) is 2.26. The minimum Gasteiger partial charge on any atom is -0.345 e. The fourth-order valence-corrected chi connectivity index (χ4v) is 6.74. The van der Waals surface area contributed by atoms with Crippen molar-refractivity contribution in [1.29, 1.82) is 0 Å². The third-order valence-electron chi connectivity index (χ3n) is 8.42. The van der Waals surface area contributed by atoms with E-state index in [0.29, 0.717) is 35.2 Å². The van der Waals surface area contributed by atoms with Crippen LogP contribution in [0.15, 0.2) is 48.7 Å². The largest absolute Gasteiger partial charge is 0.345 e. The fourth-order valence-electron chi connectivity index (χ4n) is 6.74. The van der Waals surface area contributed by atoms with Gasteiger partial charge in [0, 0.05) is 37.2 Å². The zero-order valence-electron chi connectivity index (χ0n) is 20.5. The molecular weight excluding hydrogens is 439 g/mol. The highest BCUT2D eigenvalue weighted by Crippen LogP contribution is 2.58. The van der Waals surface area contributed by atoms with Crippen LogP contribution in [0.2, 0.25) is 0 Å². The fraction of sp³-hybridized carbons (Fsp3) is 0.414. The number of carbonyl (C=O) groups excluding carboxylic acids is 1. The monoisotopic (exact) mass is 470 g/mol. The van der Waals surface area contributed by atoms with Crippen LogP contribution in [0.4, 0.5) is 4.39 Å². The maximum atomic E-state index is 14.0. The van der Waals surface area contributed by atoms with E-state index >= 15 is 0 Å². The molecule has 5 atom stereocenters. The van der Waals surface area contributed by atoms with Gasteiger partial charge in [-0.05, 0) is 97.4 Å². The van der Waals surface area contributed by atoms with Crippen LogP contribution in [0.3, 0.4) is 0 Å². The highest BCUT2D eigenvalue weighted by Gasteiger charge is 2.46.